The van der Waals surface area contributed by atoms with E-state index in [9.17, 15) is 13.5 Å². The smallest absolute Gasteiger partial charge is 0.248 e. The Morgan fingerprint density at radius 3 is 2.60 bits per heavy atom. The molecule has 20 heavy (non-hydrogen) atoms. The Morgan fingerprint density at radius 2 is 2.10 bits per heavy atom. The number of anilines is 1. The summed E-state index contributed by atoms with van der Waals surface area (Å²) in [6, 6.07) is 0. The van der Waals surface area contributed by atoms with Gasteiger partial charge in [-0.05, 0) is 19.8 Å². The number of hydrogen-bond donors (Lipinski definition) is 2. The Balaban J connectivity index is 2.22. The largest absolute Gasteiger partial charge is 0.389 e. The van der Waals surface area contributed by atoms with Crippen molar-refractivity contribution in [2.24, 2.45) is 0 Å². The van der Waals surface area contributed by atoms with Gasteiger partial charge in [0.15, 0.2) is 5.82 Å². The standard InChI is InChI=1S/C12H22N4O3S/c1-3-16-8-10(11(13)14-16)20(18,19)15(2)9-12(17)6-4-5-7-12/h8,17H,3-7,9H2,1-2H3,(H2,13,14). The molecular weight excluding hydrogens is 280 g/mol. The summed E-state index contributed by atoms with van der Waals surface area (Å²) in [4.78, 5) is 0.00319. The molecule has 1 aromatic heterocycles. The van der Waals surface area contributed by atoms with Crippen LogP contribution in [-0.2, 0) is 16.6 Å². The molecule has 1 aromatic rings. The molecule has 114 valence electrons. The molecule has 0 aliphatic heterocycles. The van der Waals surface area contributed by atoms with Crippen molar-refractivity contribution >= 4 is 15.8 Å². The minimum Gasteiger partial charge on any atom is -0.389 e. The van der Waals surface area contributed by atoms with Gasteiger partial charge in [0.2, 0.25) is 10.0 Å². The first-order valence-electron chi connectivity index (χ1n) is 6.80. The molecule has 2 rings (SSSR count). The Hall–Kier alpha value is -1.12. The molecule has 0 aromatic carbocycles. The maximum atomic E-state index is 12.5. The summed E-state index contributed by atoms with van der Waals surface area (Å²) >= 11 is 0. The van der Waals surface area contributed by atoms with Gasteiger partial charge in [-0.1, -0.05) is 12.8 Å². The molecule has 0 unspecified atom stereocenters. The lowest BCUT2D eigenvalue weighted by Crippen LogP contribution is -2.42. The van der Waals surface area contributed by atoms with Crippen LogP contribution in [0.2, 0.25) is 0 Å². The highest BCUT2D eigenvalue weighted by Gasteiger charge is 2.36. The van der Waals surface area contributed by atoms with Crippen LogP contribution in [0.4, 0.5) is 5.82 Å². The van der Waals surface area contributed by atoms with Crippen LogP contribution in [0, 0.1) is 0 Å². The first-order valence-corrected chi connectivity index (χ1v) is 8.24. The summed E-state index contributed by atoms with van der Waals surface area (Å²) in [6.07, 6.45) is 4.56. The topological polar surface area (TPSA) is 101 Å². The molecule has 0 bridgehead atoms. The molecule has 1 saturated carbocycles. The highest BCUT2D eigenvalue weighted by Crippen LogP contribution is 2.31. The number of nitrogens with zero attached hydrogens (tertiary/aromatic N) is 3. The predicted octanol–water partition coefficient (Wildman–Crippen LogP) is 0.411. The number of nitrogen functional groups attached to an aromatic ring is 1. The van der Waals surface area contributed by atoms with Crippen LogP contribution in [0.5, 0.6) is 0 Å². The van der Waals surface area contributed by atoms with Crippen molar-refractivity contribution in [2.75, 3.05) is 19.3 Å². The second-order valence-electron chi connectivity index (χ2n) is 5.43. The van der Waals surface area contributed by atoms with Crippen LogP contribution >= 0.6 is 0 Å². The Bertz CT molecular complexity index is 576. The Labute approximate surface area is 119 Å². The van der Waals surface area contributed by atoms with Crippen LogP contribution in [0.15, 0.2) is 11.1 Å². The summed E-state index contributed by atoms with van der Waals surface area (Å²) in [7, 11) is -2.25. The molecule has 1 aliphatic rings. The van der Waals surface area contributed by atoms with Gasteiger partial charge in [0, 0.05) is 26.3 Å². The fraction of sp³-hybridized carbons (Fsp3) is 0.750. The zero-order chi connectivity index (χ0) is 15.0. The highest BCUT2D eigenvalue weighted by atomic mass is 32.2. The van der Waals surface area contributed by atoms with E-state index in [1.54, 1.807) is 0 Å². The molecule has 0 spiro atoms. The minimum atomic E-state index is -3.72. The van der Waals surface area contributed by atoms with Crippen LogP contribution in [-0.4, -0.2) is 46.8 Å². The predicted molar refractivity (Wildman–Crippen MR) is 75.5 cm³/mol. The van der Waals surface area contributed by atoms with Gasteiger partial charge in [0.05, 0.1) is 5.60 Å². The average Bonchev–Trinajstić information content (AvgIpc) is 2.95. The molecule has 0 amide bonds. The number of hydrogen-bond acceptors (Lipinski definition) is 5. The third-order valence-electron chi connectivity index (χ3n) is 3.82. The number of aromatic nitrogens is 2. The number of rotatable bonds is 5. The van der Waals surface area contributed by atoms with E-state index in [1.165, 1.54) is 22.2 Å². The number of aryl methyl sites for hydroxylation is 1. The van der Waals surface area contributed by atoms with Crippen molar-refractivity contribution in [3.8, 4) is 0 Å². The van der Waals surface area contributed by atoms with Gasteiger partial charge in [0.25, 0.3) is 0 Å². The van der Waals surface area contributed by atoms with Crippen molar-refractivity contribution in [1.82, 2.24) is 14.1 Å². The number of nitrogens with two attached hydrogens (primary N) is 1. The molecule has 1 aliphatic carbocycles. The lowest BCUT2D eigenvalue weighted by molar-refractivity contribution is 0.0333. The maximum Gasteiger partial charge on any atom is 0.248 e. The van der Waals surface area contributed by atoms with Crippen LogP contribution < -0.4 is 5.73 Å². The highest BCUT2D eigenvalue weighted by molar-refractivity contribution is 7.89. The van der Waals surface area contributed by atoms with Crippen molar-refractivity contribution in [2.45, 2.75) is 49.6 Å². The quantitative estimate of drug-likeness (QED) is 0.820. The van der Waals surface area contributed by atoms with Crippen molar-refractivity contribution in [3.63, 3.8) is 0 Å². The molecule has 3 N–H and O–H groups in total. The summed E-state index contributed by atoms with van der Waals surface area (Å²) in [6.45, 7) is 2.49. The molecule has 1 fully saturated rings. The van der Waals surface area contributed by atoms with Crippen LogP contribution in [0.3, 0.4) is 0 Å². The Kier molecular flexibility index (Phi) is 4.08. The van der Waals surface area contributed by atoms with E-state index in [0.29, 0.717) is 19.4 Å². The number of likely N-dealkylation sites (N-methyl/N-ethyl adjacent to an activating group) is 1. The van der Waals surface area contributed by atoms with E-state index < -0.39 is 15.6 Å². The van der Waals surface area contributed by atoms with Crippen molar-refractivity contribution < 1.29 is 13.5 Å². The lowest BCUT2D eigenvalue weighted by atomic mass is 10.0. The summed E-state index contributed by atoms with van der Waals surface area (Å²) in [5.74, 6) is -0.00267. The van der Waals surface area contributed by atoms with Crippen molar-refractivity contribution in [3.05, 3.63) is 6.20 Å². The van der Waals surface area contributed by atoms with Gasteiger partial charge in [-0.25, -0.2) is 8.42 Å². The molecule has 0 saturated heterocycles. The Morgan fingerprint density at radius 1 is 1.50 bits per heavy atom. The molecule has 0 atom stereocenters. The average molecular weight is 302 g/mol. The van der Waals surface area contributed by atoms with Gasteiger partial charge in [-0.3, -0.25) is 4.68 Å². The fourth-order valence-electron chi connectivity index (χ4n) is 2.64. The van der Waals surface area contributed by atoms with Gasteiger partial charge in [-0.2, -0.15) is 9.40 Å². The van der Waals surface area contributed by atoms with Gasteiger partial charge < -0.3 is 10.8 Å². The van der Waals surface area contributed by atoms with E-state index in [2.05, 4.69) is 5.10 Å². The zero-order valence-electron chi connectivity index (χ0n) is 11.9. The normalized spacial score (nSPS) is 18.8. The summed E-state index contributed by atoms with van der Waals surface area (Å²) < 4.78 is 27.6. The van der Waals surface area contributed by atoms with Crippen LogP contribution in [0.1, 0.15) is 32.6 Å². The monoisotopic (exact) mass is 302 g/mol. The van der Waals surface area contributed by atoms with E-state index in [4.69, 9.17) is 5.73 Å². The third kappa shape index (κ3) is 2.82. The van der Waals surface area contributed by atoms with Crippen LogP contribution in [0.25, 0.3) is 0 Å². The zero-order valence-corrected chi connectivity index (χ0v) is 12.7. The first kappa shape index (κ1) is 15.3. The van der Waals surface area contributed by atoms with E-state index in [1.807, 2.05) is 6.92 Å². The van der Waals surface area contributed by atoms with Crippen molar-refractivity contribution in [1.29, 1.82) is 0 Å². The van der Waals surface area contributed by atoms with E-state index in [-0.39, 0.29) is 17.3 Å². The second-order valence-corrected chi connectivity index (χ2v) is 7.44. The van der Waals surface area contributed by atoms with Gasteiger partial charge in [0.1, 0.15) is 4.90 Å². The molecule has 0 radical (unpaired) electrons. The van der Waals surface area contributed by atoms with Gasteiger partial charge in [-0.15, -0.1) is 0 Å². The van der Waals surface area contributed by atoms with E-state index in [0.717, 1.165) is 12.8 Å². The first-order chi connectivity index (χ1) is 9.28. The maximum absolute atomic E-state index is 12.5. The summed E-state index contributed by atoms with van der Waals surface area (Å²) in [5.41, 5.74) is 4.76. The minimum absolute atomic E-state index is 0.00267. The number of sulfonamides is 1. The van der Waals surface area contributed by atoms with E-state index >= 15 is 0 Å². The lowest BCUT2D eigenvalue weighted by Gasteiger charge is -2.27. The summed E-state index contributed by atoms with van der Waals surface area (Å²) in [5, 5.41) is 14.3. The van der Waals surface area contributed by atoms with Gasteiger partial charge >= 0.3 is 0 Å². The molecule has 7 nitrogen and oxygen atoms in total. The molecule has 1 heterocycles. The molecule has 8 heteroatoms. The third-order valence-corrected chi connectivity index (χ3v) is 5.64. The fourth-order valence-corrected chi connectivity index (χ4v) is 3.94. The number of aliphatic hydroxyl groups is 1. The second kappa shape index (κ2) is 5.34. The SMILES string of the molecule is CCn1cc(S(=O)(=O)N(C)CC2(O)CCCC2)c(N)n1. The molecular formula is C12H22N4O3S.